The molecule has 506 valence electrons. The molecule has 3 aromatic carbocycles. The van der Waals surface area contributed by atoms with Gasteiger partial charge in [-0.25, -0.2) is 8.42 Å². The molecule has 18 heteroatoms. The van der Waals surface area contributed by atoms with Crippen LogP contribution in [0.25, 0.3) is 17.1 Å². The molecule has 7 aliphatic heterocycles. The van der Waals surface area contributed by atoms with Gasteiger partial charge in [-0.2, -0.15) is 21.0 Å². The molecule has 3 atom stereocenters. The predicted octanol–water partition coefficient (Wildman–Crippen LogP) is 12.5. The third-order valence-corrected chi connectivity index (χ3v) is 23.0. The number of hydrogen-bond donors (Lipinski definition) is 1. The molecule has 0 saturated carbocycles. The molecule has 0 amide bonds. The van der Waals surface area contributed by atoms with Crippen molar-refractivity contribution in [1.29, 1.82) is 21.0 Å². The molecule has 97 heavy (non-hydrogen) atoms. The van der Waals surface area contributed by atoms with Crippen molar-refractivity contribution in [2.24, 2.45) is 5.92 Å². The van der Waals surface area contributed by atoms with E-state index in [2.05, 4.69) is 66.0 Å². The summed E-state index contributed by atoms with van der Waals surface area (Å²) >= 11 is 0. The number of carbonyl (C=O) groups excluding carboxylic acids is 3. The van der Waals surface area contributed by atoms with Crippen molar-refractivity contribution in [3.63, 3.8) is 0 Å². The fourth-order valence-electron chi connectivity index (χ4n) is 17.0. The van der Waals surface area contributed by atoms with Gasteiger partial charge in [-0.3, -0.25) is 29.1 Å². The molecular formula is C79H92N10O7S. The fourth-order valence-corrected chi connectivity index (χ4v) is 17.7. The number of rotatable bonds is 22. The van der Waals surface area contributed by atoms with Crippen LogP contribution in [0.3, 0.4) is 0 Å². The van der Waals surface area contributed by atoms with Gasteiger partial charge in [0, 0.05) is 137 Å². The molecule has 3 aromatic heterocycles. The zero-order chi connectivity index (χ0) is 68.5. The number of aryl methyl sites for hydroxylation is 1. The van der Waals surface area contributed by atoms with Crippen molar-refractivity contribution in [1.82, 2.24) is 28.4 Å². The Bertz CT molecular complexity index is 4170. The normalized spacial score (nSPS) is 21.8. The Kier molecular flexibility index (Phi) is 22.8. The van der Waals surface area contributed by atoms with Crippen molar-refractivity contribution >= 4 is 27.2 Å². The van der Waals surface area contributed by atoms with E-state index in [1.165, 1.54) is 64.0 Å². The van der Waals surface area contributed by atoms with Crippen LogP contribution in [-0.2, 0) is 27.4 Å². The van der Waals surface area contributed by atoms with E-state index in [-0.39, 0.29) is 35.2 Å². The molecule has 7 fully saturated rings. The summed E-state index contributed by atoms with van der Waals surface area (Å²) in [5.41, 5.74) is 13.6. The van der Waals surface area contributed by atoms with E-state index < -0.39 is 9.84 Å². The summed E-state index contributed by atoms with van der Waals surface area (Å²) in [6.45, 7) is 11.1. The van der Waals surface area contributed by atoms with Gasteiger partial charge in [0.2, 0.25) is 0 Å². The molecule has 10 heterocycles. The maximum absolute atomic E-state index is 13.5. The van der Waals surface area contributed by atoms with Crippen molar-refractivity contribution in [2.75, 3.05) is 44.9 Å². The number of aliphatic hydroxyl groups excluding tert-OH is 1. The van der Waals surface area contributed by atoms with Crippen molar-refractivity contribution in [3.8, 4) is 53.2 Å². The summed E-state index contributed by atoms with van der Waals surface area (Å²) in [7, 11) is -2.99. The molecule has 7 saturated heterocycles. The Hall–Kier alpha value is -8.22. The first-order valence-electron chi connectivity index (χ1n) is 35.2. The Morgan fingerprint density at radius 2 is 1.03 bits per heavy atom. The minimum Gasteiger partial charge on any atom is -0.391 e. The highest BCUT2D eigenvalue weighted by atomic mass is 32.2. The number of Topliss-reactive ketones (excluding diaryl/α,β-unsaturated/α-hetero) is 3. The summed E-state index contributed by atoms with van der Waals surface area (Å²) in [4.78, 5) is 47.3. The van der Waals surface area contributed by atoms with Crippen molar-refractivity contribution in [3.05, 3.63) is 158 Å². The largest absolute Gasteiger partial charge is 0.391 e. The smallest absolute Gasteiger partial charge is 0.178 e. The van der Waals surface area contributed by atoms with Crippen molar-refractivity contribution < 1.29 is 32.6 Å². The molecule has 13 rings (SSSR count). The molecule has 0 aliphatic carbocycles. The molecule has 0 radical (unpaired) electrons. The summed E-state index contributed by atoms with van der Waals surface area (Å²) in [5, 5.41) is 46.5. The van der Waals surface area contributed by atoms with Crippen LogP contribution in [-0.4, -0.2) is 146 Å². The minimum atomic E-state index is -2.99. The van der Waals surface area contributed by atoms with Gasteiger partial charge in [-0.05, 0) is 252 Å². The summed E-state index contributed by atoms with van der Waals surface area (Å²) in [6.07, 6.45) is 21.8. The number of aromatic nitrogens is 3. The second kappa shape index (κ2) is 31.5. The van der Waals surface area contributed by atoms with Crippen LogP contribution in [0, 0.1) is 90.8 Å². The fraction of sp³-hybridized carbons (Fsp3) is 0.506. The SMILES string of the molecule is Cc1c(C(=O)CN2C3CCC2CC3)c(C)n(-c2ccc(C#N)cc2)c1CCCCS(C)(=O)=O.Cc1c(C(=O)CN2C3CCC2CC3)cc(C#CCCC#N)n1-c1ccc(C#N)cc1.Cc1c(C(=O)CN2C3CCC2[C@@H](O)C3)cc(CCCC2CCOCC2)n1-c1ccc(C#N)cc1. The standard InChI is InChI=1S/C28H35N3O3.C26H33N3O3S.C25H24N4O/c1-19-25(28(33)18-30-23-9-10-26(30)27(32)16-23)15-24(4-2-3-20-11-13-34-14-12-20)31(19)22-7-5-21(17-29)6-8-22;1-18-24(6-4-5-15-33(3,31)32)29(23-9-7-20(16-27)8-10-23)19(2)26(18)25(30)17-28-21-11-12-22(28)14-13-21;1-18-24(25(30)17-28-20-10-11-21(28)13-12-20)15-23(5-3-2-4-14-26)29(18)22-8-6-19(16-27)7-9-22/h5-8,15,20,23,26-27,32H,2-4,9-14,16,18H2,1H3;7-10,21-22H,4-6,11-15,17H2,1-3H3;6-9,15,20-21H,2,4,10-13,17H2,1H3/t23?,26?,27-;;/m0../s1. The first-order chi connectivity index (χ1) is 46.9. The Labute approximate surface area is 573 Å². The number of hydrogen-bond acceptors (Lipinski definition) is 14. The minimum absolute atomic E-state index is 0.133. The average Bonchev–Trinajstić information content (AvgIpc) is 1.70. The van der Waals surface area contributed by atoms with E-state index in [1.54, 1.807) is 24.3 Å². The highest BCUT2D eigenvalue weighted by molar-refractivity contribution is 7.90. The van der Waals surface area contributed by atoms with Gasteiger partial charge < -0.3 is 23.5 Å². The number of nitriles is 4. The number of sulfone groups is 1. The number of benzene rings is 3. The summed E-state index contributed by atoms with van der Waals surface area (Å²) in [6, 6.07) is 37.6. The Morgan fingerprint density at radius 3 is 1.53 bits per heavy atom. The number of nitrogens with zero attached hydrogens (tertiary/aromatic N) is 10. The topological polar surface area (TPSA) is 234 Å². The van der Waals surface area contributed by atoms with Gasteiger partial charge in [0.25, 0.3) is 0 Å². The van der Waals surface area contributed by atoms with E-state index in [1.807, 2.05) is 86.9 Å². The molecule has 1 N–H and O–H groups in total. The van der Waals surface area contributed by atoms with E-state index in [0.717, 1.165) is 138 Å². The molecule has 0 spiro atoms. The van der Waals surface area contributed by atoms with E-state index in [4.69, 9.17) is 20.5 Å². The maximum atomic E-state index is 13.5. The van der Waals surface area contributed by atoms with Gasteiger partial charge in [-0.15, -0.1) is 0 Å². The highest BCUT2D eigenvalue weighted by Crippen LogP contribution is 2.41. The van der Waals surface area contributed by atoms with Gasteiger partial charge in [0.1, 0.15) is 9.84 Å². The third kappa shape index (κ3) is 16.0. The number of fused-ring (bicyclic) bond motifs is 6. The lowest BCUT2D eigenvalue weighted by Crippen LogP contribution is -2.36. The average molecular weight is 1330 g/mol. The first kappa shape index (κ1) is 70.1. The number of ether oxygens (including phenoxy) is 1. The number of unbranched alkanes of at least 4 members (excludes halogenated alkanes) is 2. The Morgan fingerprint density at radius 1 is 0.546 bits per heavy atom. The van der Waals surface area contributed by atoms with Crippen LogP contribution in [0.15, 0.2) is 84.9 Å². The molecule has 2 unspecified atom stereocenters. The van der Waals surface area contributed by atoms with Crippen molar-refractivity contribution in [2.45, 2.75) is 205 Å². The van der Waals surface area contributed by atoms with Crippen LogP contribution >= 0.6 is 0 Å². The Balaban J connectivity index is 0.000000148. The van der Waals surface area contributed by atoms with Crippen LogP contribution in [0.4, 0.5) is 0 Å². The van der Waals surface area contributed by atoms with Gasteiger partial charge in [0.05, 0.1) is 72.4 Å². The van der Waals surface area contributed by atoms with Crippen LogP contribution < -0.4 is 0 Å². The molecule has 17 nitrogen and oxygen atoms in total. The quantitative estimate of drug-likeness (QED) is 0.0378. The van der Waals surface area contributed by atoms with Gasteiger partial charge in [-0.1, -0.05) is 5.92 Å². The number of ketones is 3. The first-order valence-corrected chi connectivity index (χ1v) is 37.2. The second-order valence-corrected chi connectivity index (χ2v) is 30.2. The lowest BCUT2D eigenvalue weighted by molar-refractivity contribution is 0.0633. The second-order valence-electron chi connectivity index (χ2n) is 28.0. The summed E-state index contributed by atoms with van der Waals surface area (Å²) < 4.78 is 34.9. The molecule has 7 aliphatic rings. The lowest BCUT2D eigenvalue weighted by Gasteiger charge is -2.22. The van der Waals surface area contributed by atoms with E-state index in [0.29, 0.717) is 97.8 Å². The predicted molar refractivity (Wildman–Crippen MR) is 374 cm³/mol. The third-order valence-electron chi connectivity index (χ3n) is 22.0. The van der Waals surface area contributed by atoms with Crippen LogP contribution in [0.5, 0.6) is 0 Å². The lowest BCUT2D eigenvalue weighted by atomic mass is 9.94. The zero-order valence-electron chi connectivity index (χ0n) is 57.1. The highest BCUT2D eigenvalue weighted by Gasteiger charge is 2.47. The van der Waals surface area contributed by atoms with Gasteiger partial charge >= 0.3 is 0 Å². The molecule has 6 bridgehead atoms. The van der Waals surface area contributed by atoms with E-state index in [9.17, 15) is 33.2 Å². The number of carbonyl (C=O) groups is 3. The van der Waals surface area contributed by atoms with Crippen LogP contribution in [0.1, 0.15) is 209 Å². The number of aliphatic hydroxyl groups is 1. The molecular weight excluding hydrogens is 1230 g/mol. The maximum Gasteiger partial charge on any atom is 0.178 e. The molecule has 6 aromatic rings. The van der Waals surface area contributed by atoms with Gasteiger partial charge in [0.15, 0.2) is 17.3 Å². The zero-order valence-corrected chi connectivity index (χ0v) is 57.9. The van der Waals surface area contributed by atoms with E-state index >= 15 is 0 Å². The van der Waals surface area contributed by atoms with Crippen LogP contribution in [0.2, 0.25) is 0 Å². The monoisotopic (exact) mass is 1320 g/mol. The summed E-state index contributed by atoms with van der Waals surface area (Å²) in [5.74, 6) is 7.54.